The highest BCUT2D eigenvalue weighted by molar-refractivity contribution is 7.14. The lowest BCUT2D eigenvalue weighted by Crippen LogP contribution is -1.97. The van der Waals surface area contributed by atoms with Gasteiger partial charge in [-0.2, -0.15) is 5.10 Å². The summed E-state index contributed by atoms with van der Waals surface area (Å²) in [5, 5.41) is 5.91. The van der Waals surface area contributed by atoms with Gasteiger partial charge in [-0.05, 0) is 24.6 Å². The van der Waals surface area contributed by atoms with Gasteiger partial charge in [0.15, 0.2) is 11.6 Å². The molecule has 0 aliphatic carbocycles. The lowest BCUT2D eigenvalue weighted by Gasteiger charge is -2.00. The van der Waals surface area contributed by atoms with Crippen LogP contribution in [-0.2, 0) is 0 Å². The lowest BCUT2D eigenvalue weighted by atomic mass is 10.1. The molecular weight excluding hydrogens is 258 g/mol. The molecule has 3 N–H and O–H groups in total. The number of nitrogens with one attached hydrogen (secondary N) is 1. The predicted octanol–water partition coefficient (Wildman–Crippen LogP) is 2.76. The van der Waals surface area contributed by atoms with Crippen LogP contribution in [0, 0.1) is 18.6 Å². The molecule has 0 atom stereocenters. The summed E-state index contributed by atoms with van der Waals surface area (Å²) in [5.41, 5.74) is 8.70. The standard InChI is InChI=1S/C11H10F2N4S/c1-6-2-7(10(13)8(12)3-6)4-15-17-11-16-9(14)5-18-11/h2-5H,14H2,1H3,(H,16,17). The van der Waals surface area contributed by atoms with Crippen LogP contribution >= 0.6 is 11.3 Å². The average molecular weight is 268 g/mol. The number of aromatic nitrogens is 1. The van der Waals surface area contributed by atoms with E-state index in [1.54, 1.807) is 12.3 Å². The molecule has 1 aromatic heterocycles. The molecule has 0 unspecified atom stereocenters. The first-order chi connectivity index (χ1) is 8.56. The molecule has 2 rings (SSSR count). The van der Waals surface area contributed by atoms with Crippen LogP contribution in [0.5, 0.6) is 0 Å². The summed E-state index contributed by atoms with van der Waals surface area (Å²) in [6.45, 7) is 1.68. The van der Waals surface area contributed by atoms with E-state index in [0.29, 0.717) is 16.5 Å². The highest BCUT2D eigenvalue weighted by atomic mass is 32.1. The molecule has 0 saturated heterocycles. The van der Waals surface area contributed by atoms with Gasteiger partial charge in [0.2, 0.25) is 5.13 Å². The maximum absolute atomic E-state index is 13.4. The Balaban J connectivity index is 2.14. The Bertz CT molecular complexity index is 595. The monoisotopic (exact) mass is 268 g/mol. The fraction of sp³-hybridized carbons (Fsp3) is 0.0909. The molecule has 7 heteroatoms. The number of thiazole rings is 1. The lowest BCUT2D eigenvalue weighted by molar-refractivity contribution is 0.506. The fourth-order valence-corrected chi connectivity index (χ4v) is 1.89. The average Bonchev–Trinajstić information content (AvgIpc) is 2.71. The van der Waals surface area contributed by atoms with Crippen molar-refractivity contribution in [1.82, 2.24) is 4.98 Å². The molecule has 0 radical (unpaired) electrons. The molecule has 0 bridgehead atoms. The molecule has 1 aromatic carbocycles. The second kappa shape index (κ2) is 5.09. The largest absolute Gasteiger partial charge is 0.383 e. The number of hydrogen-bond donors (Lipinski definition) is 2. The number of halogens is 2. The van der Waals surface area contributed by atoms with Crippen LogP contribution in [0.25, 0.3) is 0 Å². The van der Waals surface area contributed by atoms with Crippen molar-refractivity contribution in [3.8, 4) is 0 Å². The van der Waals surface area contributed by atoms with Gasteiger partial charge in [-0.25, -0.2) is 13.8 Å². The third-order valence-corrected chi connectivity index (χ3v) is 2.85. The normalized spacial score (nSPS) is 11.1. The fourth-order valence-electron chi connectivity index (χ4n) is 1.34. The number of hydrazone groups is 1. The molecule has 0 spiro atoms. The zero-order valence-corrected chi connectivity index (χ0v) is 10.3. The van der Waals surface area contributed by atoms with Crippen molar-refractivity contribution in [3.63, 3.8) is 0 Å². The van der Waals surface area contributed by atoms with E-state index in [-0.39, 0.29) is 5.56 Å². The summed E-state index contributed by atoms with van der Waals surface area (Å²) in [4.78, 5) is 3.90. The van der Waals surface area contributed by atoms with Crippen molar-refractivity contribution in [2.24, 2.45) is 5.10 Å². The maximum Gasteiger partial charge on any atom is 0.205 e. The SMILES string of the molecule is Cc1cc(F)c(F)c(C=NNc2nc(N)cs2)c1. The Morgan fingerprint density at radius 1 is 1.44 bits per heavy atom. The first-order valence-corrected chi connectivity index (χ1v) is 5.90. The zero-order valence-electron chi connectivity index (χ0n) is 9.45. The number of nitrogens with two attached hydrogens (primary N) is 1. The Morgan fingerprint density at radius 3 is 2.89 bits per heavy atom. The van der Waals surface area contributed by atoms with Gasteiger partial charge in [0, 0.05) is 10.9 Å². The van der Waals surface area contributed by atoms with Gasteiger partial charge in [0.1, 0.15) is 5.82 Å². The Hall–Kier alpha value is -2.02. The van der Waals surface area contributed by atoms with Crippen LogP contribution in [0.3, 0.4) is 0 Å². The van der Waals surface area contributed by atoms with Gasteiger partial charge in [-0.1, -0.05) is 0 Å². The van der Waals surface area contributed by atoms with E-state index in [4.69, 9.17) is 5.73 Å². The summed E-state index contributed by atoms with van der Waals surface area (Å²) < 4.78 is 26.5. The third-order valence-electron chi connectivity index (χ3n) is 2.09. The number of benzene rings is 1. The van der Waals surface area contributed by atoms with Gasteiger partial charge in [-0.15, -0.1) is 11.3 Å². The minimum absolute atomic E-state index is 0.0736. The van der Waals surface area contributed by atoms with Crippen LogP contribution in [0.1, 0.15) is 11.1 Å². The quantitative estimate of drug-likeness (QED) is 0.664. The predicted molar refractivity (Wildman–Crippen MR) is 68.8 cm³/mol. The number of rotatable bonds is 3. The number of aryl methyl sites for hydroxylation is 1. The van der Waals surface area contributed by atoms with Gasteiger partial charge >= 0.3 is 0 Å². The van der Waals surface area contributed by atoms with Gasteiger partial charge in [0.05, 0.1) is 6.21 Å². The van der Waals surface area contributed by atoms with E-state index < -0.39 is 11.6 Å². The molecule has 2 aromatic rings. The van der Waals surface area contributed by atoms with Gasteiger partial charge < -0.3 is 5.73 Å². The first kappa shape index (κ1) is 12.4. The second-order valence-electron chi connectivity index (χ2n) is 3.60. The number of nitrogen functional groups attached to an aromatic ring is 1. The molecule has 94 valence electrons. The topological polar surface area (TPSA) is 63.3 Å². The molecule has 0 amide bonds. The number of anilines is 2. The maximum atomic E-state index is 13.4. The summed E-state index contributed by atoms with van der Waals surface area (Å²) in [7, 11) is 0. The van der Waals surface area contributed by atoms with E-state index in [1.165, 1.54) is 23.6 Å². The molecular formula is C11H10F2N4S. The summed E-state index contributed by atoms with van der Waals surface area (Å²) in [5.74, 6) is -1.44. The van der Waals surface area contributed by atoms with E-state index in [1.807, 2.05) is 0 Å². The minimum atomic E-state index is -0.926. The van der Waals surface area contributed by atoms with Gasteiger partial charge in [0.25, 0.3) is 0 Å². The second-order valence-corrected chi connectivity index (χ2v) is 4.46. The molecule has 18 heavy (non-hydrogen) atoms. The van der Waals surface area contributed by atoms with E-state index >= 15 is 0 Å². The van der Waals surface area contributed by atoms with E-state index in [2.05, 4.69) is 15.5 Å². The summed E-state index contributed by atoms with van der Waals surface area (Å²) in [6.07, 6.45) is 1.20. The molecule has 0 aliphatic heterocycles. The summed E-state index contributed by atoms with van der Waals surface area (Å²) >= 11 is 1.27. The van der Waals surface area contributed by atoms with Crippen LogP contribution in [0.15, 0.2) is 22.6 Å². The van der Waals surface area contributed by atoms with Crippen molar-refractivity contribution in [2.45, 2.75) is 6.92 Å². The minimum Gasteiger partial charge on any atom is -0.383 e. The molecule has 4 nitrogen and oxygen atoms in total. The van der Waals surface area contributed by atoms with Gasteiger partial charge in [-0.3, -0.25) is 5.43 Å². The highest BCUT2D eigenvalue weighted by Crippen LogP contribution is 2.16. The van der Waals surface area contributed by atoms with Crippen LogP contribution in [0.2, 0.25) is 0 Å². The van der Waals surface area contributed by atoms with E-state index in [0.717, 1.165) is 6.07 Å². The van der Waals surface area contributed by atoms with Crippen molar-refractivity contribution < 1.29 is 8.78 Å². The van der Waals surface area contributed by atoms with Crippen molar-refractivity contribution >= 4 is 28.5 Å². The van der Waals surface area contributed by atoms with E-state index in [9.17, 15) is 8.78 Å². The van der Waals surface area contributed by atoms with Crippen molar-refractivity contribution in [2.75, 3.05) is 11.2 Å². The molecule has 0 fully saturated rings. The smallest absolute Gasteiger partial charge is 0.205 e. The molecule has 0 aliphatic rings. The zero-order chi connectivity index (χ0) is 13.1. The van der Waals surface area contributed by atoms with Crippen molar-refractivity contribution in [1.29, 1.82) is 0 Å². The Morgan fingerprint density at radius 2 is 2.22 bits per heavy atom. The van der Waals surface area contributed by atoms with Crippen molar-refractivity contribution in [3.05, 3.63) is 40.3 Å². The Labute approximate surface area is 106 Å². The number of hydrogen-bond acceptors (Lipinski definition) is 5. The molecule has 1 heterocycles. The highest BCUT2D eigenvalue weighted by Gasteiger charge is 2.07. The Kier molecular flexibility index (Phi) is 3.52. The third kappa shape index (κ3) is 2.80. The van der Waals surface area contributed by atoms with Crippen LogP contribution in [0.4, 0.5) is 19.7 Å². The number of nitrogens with zero attached hydrogens (tertiary/aromatic N) is 2. The first-order valence-electron chi connectivity index (χ1n) is 5.02. The van der Waals surface area contributed by atoms with Crippen LogP contribution < -0.4 is 11.2 Å². The summed E-state index contributed by atoms with van der Waals surface area (Å²) in [6, 6.07) is 2.63. The van der Waals surface area contributed by atoms with Crippen LogP contribution in [-0.4, -0.2) is 11.2 Å². The molecule has 0 saturated carbocycles.